The molecule has 3 heterocycles. The fourth-order valence-corrected chi connectivity index (χ4v) is 2.81. The van der Waals surface area contributed by atoms with E-state index in [1.807, 2.05) is 38.1 Å². The van der Waals surface area contributed by atoms with E-state index >= 15 is 0 Å². The van der Waals surface area contributed by atoms with Crippen molar-refractivity contribution >= 4 is 33.6 Å². The largest absolute Gasteiger partial charge is 0.336 e. The number of fused-ring (bicyclic) bond motifs is 2. The number of amides is 1. The lowest BCUT2D eigenvalue weighted by Crippen LogP contribution is -2.13. The van der Waals surface area contributed by atoms with Crippen LogP contribution in [-0.4, -0.2) is 26.2 Å². The molecule has 0 unspecified atom stereocenters. The van der Waals surface area contributed by atoms with Gasteiger partial charge in [0.15, 0.2) is 0 Å². The van der Waals surface area contributed by atoms with Crippen LogP contribution in [0, 0.1) is 6.92 Å². The van der Waals surface area contributed by atoms with E-state index in [0.29, 0.717) is 28.0 Å². The second-order valence-electron chi connectivity index (χ2n) is 6.32. The van der Waals surface area contributed by atoms with Crippen LogP contribution in [-0.2, 0) is 0 Å². The molecule has 4 aromatic rings. The fourth-order valence-electron chi connectivity index (χ4n) is 2.81. The molecule has 0 aliphatic heterocycles. The van der Waals surface area contributed by atoms with Gasteiger partial charge in [0, 0.05) is 16.8 Å². The van der Waals surface area contributed by atoms with E-state index in [1.165, 1.54) is 0 Å². The van der Waals surface area contributed by atoms with Crippen LogP contribution in [0.15, 0.2) is 35.0 Å². The summed E-state index contributed by atoms with van der Waals surface area (Å²) in [4.78, 5) is 17.4. The number of nitrogens with zero attached hydrogens (tertiary/aromatic N) is 3. The van der Waals surface area contributed by atoms with E-state index < -0.39 is 0 Å². The molecule has 0 saturated heterocycles. The highest BCUT2D eigenvalue weighted by Crippen LogP contribution is 2.26. The predicted molar refractivity (Wildman–Crippen MR) is 94.7 cm³/mol. The highest BCUT2D eigenvalue weighted by molar-refractivity contribution is 6.12. The second kappa shape index (κ2) is 5.70. The third-order valence-corrected chi connectivity index (χ3v) is 4.17. The first-order valence-corrected chi connectivity index (χ1v) is 8.04. The number of rotatable bonds is 3. The van der Waals surface area contributed by atoms with Gasteiger partial charge in [-0.15, -0.1) is 0 Å². The van der Waals surface area contributed by atoms with Crippen molar-refractivity contribution in [2.24, 2.45) is 0 Å². The Morgan fingerprint density at radius 3 is 2.92 bits per heavy atom. The van der Waals surface area contributed by atoms with Gasteiger partial charge in [0.1, 0.15) is 0 Å². The molecule has 1 aromatic carbocycles. The van der Waals surface area contributed by atoms with Crippen molar-refractivity contribution in [2.45, 2.75) is 26.7 Å². The van der Waals surface area contributed by atoms with Crippen LogP contribution in [0.2, 0.25) is 0 Å². The number of carbonyl (C=O) groups excluding carboxylic acids is 1. The van der Waals surface area contributed by atoms with Gasteiger partial charge in [0.2, 0.25) is 0 Å². The maximum atomic E-state index is 12.9. The standard InChI is InChI=1S/C18H17N5O2/c1-9(2)15-7-13(16-10(3)23-25-18(16)21-15)17(24)20-12-4-5-14-11(6-12)8-19-22-14/h4-9H,1-3H3,(H,19,22)(H,20,24). The van der Waals surface area contributed by atoms with E-state index in [2.05, 4.69) is 25.7 Å². The van der Waals surface area contributed by atoms with Crippen LogP contribution in [0.5, 0.6) is 0 Å². The summed E-state index contributed by atoms with van der Waals surface area (Å²) in [6.45, 7) is 5.84. The van der Waals surface area contributed by atoms with Gasteiger partial charge in [-0.25, -0.2) is 4.98 Å². The molecule has 0 bridgehead atoms. The van der Waals surface area contributed by atoms with Crippen molar-refractivity contribution in [1.82, 2.24) is 20.3 Å². The van der Waals surface area contributed by atoms with Crippen LogP contribution in [0.25, 0.3) is 22.0 Å². The molecule has 0 fully saturated rings. The minimum Gasteiger partial charge on any atom is -0.336 e. The zero-order valence-corrected chi connectivity index (χ0v) is 14.1. The molecule has 0 aliphatic rings. The summed E-state index contributed by atoms with van der Waals surface area (Å²) in [6.07, 6.45) is 1.72. The first-order chi connectivity index (χ1) is 12.0. The average Bonchev–Trinajstić information content (AvgIpc) is 3.20. The number of benzene rings is 1. The molecule has 0 aliphatic carbocycles. The molecule has 25 heavy (non-hydrogen) atoms. The summed E-state index contributed by atoms with van der Waals surface area (Å²) in [7, 11) is 0. The quantitative estimate of drug-likeness (QED) is 0.594. The van der Waals surface area contributed by atoms with Gasteiger partial charge < -0.3 is 9.84 Å². The van der Waals surface area contributed by atoms with E-state index in [0.717, 1.165) is 16.6 Å². The number of nitrogens with one attached hydrogen (secondary N) is 2. The molecule has 0 spiro atoms. The number of H-pyrrole nitrogens is 1. The van der Waals surface area contributed by atoms with Crippen LogP contribution >= 0.6 is 0 Å². The van der Waals surface area contributed by atoms with Crippen molar-refractivity contribution in [1.29, 1.82) is 0 Å². The highest BCUT2D eigenvalue weighted by atomic mass is 16.5. The fraction of sp³-hybridized carbons (Fsp3) is 0.222. The molecule has 0 atom stereocenters. The van der Waals surface area contributed by atoms with Crippen LogP contribution in [0.4, 0.5) is 5.69 Å². The van der Waals surface area contributed by atoms with Gasteiger partial charge in [0.25, 0.3) is 11.6 Å². The Bertz CT molecular complexity index is 1090. The van der Waals surface area contributed by atoms with Gasteiger partial charge in [0.05, 0.1) is 28.4 Å². The molecule has 126 valence electrons. The SMILES string of the molecule is Cc1noc2nc(C(C)C)cc(C(=O)Nc3ccc4[nH]ncc4c3)c12. The van der Waals surface area contributed by atoms with Gasteiger partial charge in [-0.3, -0.25) is 9.89 Å². The maximum Gasteiger partial charge on any atom is 0.259 e. The summed E-state index contributed by atoms with van der Waals surface area (Å²) in [5, 5.41) is 15.3. The van der Waals surface area contributed by atoms with Crippen molar-refractivity contribution in [3.63, 3.8) is 0 Å². The Kier molecular flexibility index (Phi) is 3.49. The number of hydrogen-bond acceptors (Lipinski definition) is 5. The summed E-state index contributed by atoms with van der Waals surface area (Å²) >= 11 is 0. The summed E-state index contributed by atoms with van der Waals surface area (Å²) in [5.41, 5.74) is 3.96. The van der Waals surface area contributed by atoms with Crippen LogP contribution in [0.3, 0.4) is 0 Å². The highest BCUT2D eigenvalue weighted by Gasteiger charge is 2.20. The van der Waals surface area contributed by atoms with Crippen LogP contribution in [0.1, 0.15) is 41.5 Å². The topological polar surface area (TPSA) is 96.7 Å². The second-order valence-corrected chi connectivity index (χ2v) is 6.32. The van der Waals surface area contributed by atoms with Gasteiger partial charge in [-0.1, -0.05) is 19.0 Å². The first kappa shape index (κ1) is 15.3. The number of hydrogen-bond donors (Lipinski definition) is 2. The number of anilines is 1. The minimum atomic E-state index is -0.219. The molecule has 0 saturated carbocycles. The lowest BCUT2D eigenvalue weighted by atomic mass is 10.0. The molecular weight excluding hydrogens is 318 g/mol. The normalized spacial score (nSPS) is 11.5. The van der Waals surface area contributed by atoms with E-state index in [1.54, 1.807) is 13.1 Å². The Morgan fingerprint density at radius 2 is 2.12 bits per heavy atom. The van der Waals surface area contributed by atoms with Crippen molar-refractivity contribution in [2.75, 3.05) is 5.32 Å². The molecule has 3 aromatic heterocycles. The molecule has 7 heteroatoms. The molecule has 7 nitrogen and oxygen atoms in total. The lowest BCUT2D eigenvalue weighted by Gasteiger charge is -2.10. The Labute approximate surface area is 143 Å². The number of carbonyl (C=O) groups is 1. The first-order valence-electron chi connectivity index (χ1n) is 8.04. The van der Waals surface area contributed by atoms with Crippen LogP contribution < -0.4 is 5.32 Å². The Balaban J connectivity index is 1.76. The third kappa shape index (κ3) is 2.63. The Hall–Kier alpha value is -3.22. The van der Waals surface area contributed by atoms with Gasteiger partial charge in [-0.2, -0.15) is 5.10 Å². The third-order valence-electron chi connectivity index (χ3n) is 4.17. The average molecular weight is 335 g/mol. The summed E-state index contributed by atoms with van der Waals surface area (Å²) in [5.74, 6) is -0.0490. The van der Waals surface area contributed by atoms with E-state index in [9.17, 15) is 4.79 Å². The summed E-state index contributed by atoms with van der Waals surface area (Å²) < 4.78 is 5.27. The van der Waals surface area contributed by atoms with Gasteiger partial charge >= 0.3 is 0 Å². The Morgan fingerprint density at radius 1 is 1.28 bits per heavy atom. The molecule has 4 rings (SSSR count). The number of aryl methyl sites for hydroxylation is 1. The predicted octanol–water partition coefficient (Wildman–Crippen LogP) is 3.78. The number of pyridine rings is 1. The zero-order valence-electron chi connectivity index (χ0n) is 14.1. The van der Waals surface area contributed by atoms with Gasteiger partial charge in [-0.05, 0) is 37.1 Å². The maximum absolute atomic E-state index is 12.9. The van der Waals surface area contributed by atoms with Crippen molar-refractivity contribution in [3.8, 4) is 0 Å². The molecule has 2 N–H and O–H groups in total. The van der Waals surface area contributed by atoms with E-state index in [-0.39, 0.29) is 11.8 Å². The van der Waals surface area contributed by atoms with Crippen molar-refractivity contribution < 1.29 is 9.32 Å². The van der Waals surface area contributed by atoms with E-state index in [4.69, 9.17) is 4.52 Å². The zero-order chi connectivity index (χ0) is 17.6. The monoisotopic (exact) mass is 335 g/mol. The minimum absolute atomic E-state index is 0.170. The lowest BCUT2D eigenvalue weighted by molar-refractivity contribution is 0.102. The summed E-state index contributed by atoms with van der Waals surface area (Å²) in [6, 6.07) is 7.40. The molecule has 0 radical (unpaired) electrons. The molecule has 1 amide bonds. The smallest absolute Gasteiger partial charge is 0.259 e. The molecular formula is C18H17N5O2. The number of aromatic nitrogens is 4. The number of aromatic amines is 1. The van der Waals surface area contributed by atoms with Crippen molar-refractivity contribution in [3.05, 3.63) is 47.4 Å².